The number of phenols is 1. The van der Waals surface area contributed by atoms with E-state index < -0.39 is 0 Å². The number of hydrogen-bond donors (Lipinski definition) is 2. The van der Waals surface area contributed by atoms with Crippen LogP contribution in [0.5, 0.6) is 5.75 Å². The molecule has 2 N–H and O–H groups in total. The zero-order valence-electron chi connectivity index (χ0n) is 10.5. The Morgan fingerprint density at radius 2 is 1.94 bits per heavy atom. The van der Waals surface area contributed by atoms with Gasteiger partial charge < -0.3 is 10.2 Å². The molecular formula is C13H20BrNO2. The van der Waals surface area contributed by atoms with Crippen molar-refractivity contribution in [1.29, 1.82) is 0 Å². The van der Waals surface area contributed by atoms with Crippen molar-refractivity contribution in [3.05, 3.63) is 28.2 Å². The molecule has 1 unspecified atom stereocenters. The minimum Gasteiger partial charge on any atom is -0.506 e. The SMILES string of the molecule is CC(O)CN(Cc1cccc(Br)c1O)C(C)C. The van der Waals surface area contributed by atoms with Crippen LogP contribution in [0.1, 0.15) is 26.3 Å². The summed E-state index contributed by atoms with van der Waals surface area (Å²) in [4.78, 5) is 2.13. The van der Waals surface area contributed by atoms with Crippen molar-refractivity contribution in [3.8, 4) is 5.75 Å². The first-order valence-corrected chi connectivity index (χ1v) is 6.59. The quantitative estimate of drug-likeness (QED) is 0.879. The lowest BCUT2D eigenvalue weighted by Gasteiger charge is -2.28. The predicted octanol–water partition coefficient (Wildman–Crippen LogP) is 2.75. The van der Waals surface area contributed by atoms with Crippen LogP contribution >= 0.6 is 15.9 Å². The molecule has 1 rings (SSSR count). The molecule has 0 aliphatic heterocycles. The minimum absolute atomic E-state index is 0.281. The van der Waals surface area contributed by atoms with Gasteiger partial charge in [0.25, 0.3) is 0 Å². The normalized spacial score (nSPS) is 13.4. The number of nitrogens with zero attached hydrogens (tertiary/aromatic N) is 1. The Hall–Kier alpha value is -0.580. The Balaban J connectivity index is 2.82. The Bertz CT molecular complexity index is 366. The fourth-order valence-electron chi connectivity index (χ4n) is 1.70. The molecular weight excluding hydrogens is 282 g/mol. The maximum Gasteiger partial charge on any atom is 0.134 e. The molecule has 4 heteroatoms. The molecule has 1 atom stereocenters. The van der Waals surface area contributed by atoms with E-state index in [2.05, 4.69) is 34.7 Å². The molecule has 0 aromatic heterocycles. The summed E-state index contributed by atoms with van der Waals surface area (Å²) in [6.45, 7) is 7.17. The lowest BCUT2D eigenvalue weighted by atomic mass is 10.1. The monoisotopic (exact) mass is 301 g/mol. The number of rotatable bonds is 5. The number of benzene rings is 1. The van der Waals surface area contributed by atoms with E-state index in [1.807, 2.05) is 18.2 Å². The number of aromatic hydroxyl groups is 1. The summed E-state index contributed by atoms with van der Waals surface area (Å²) in [5, 5.41) is 19.4. The van der Waals surface area contributed by atoms with Gasteiger partial charge in [-0.05, 0) is 42.8 Å². The zero-order chi connectivity index (χ0) is 13.0. The van der Waals surface area contributed by atoms with Gasteiger partial charge in [0, 0.05) is 24.7 Å². The molecule has 0 saturated heterocycles. The highest BCUT2D eigenvalue weighted by atomic mass is 79.9. The smallest absolute Gasteiger partial charge is 0.134 e. The predicted molar refractivity (Wildman–Crippen MR) is 73.0 cm³/mol. The van der Waals surface area contributed by atoms with E-state index in [-0.39, 0.29) is 11.9 Å². The Morgan fingerprint density at radius 3 is 2.47 bits per heavy atom. The first-order valence-electron chi connectivity index (χ1n) is 5.80. The van der Waals surface area contributed by atoms with Crippen molar-refractivity contribution in [3.63, 3.8) is 0 Å². The average Bonchev–Trinajstić information content (AvgIpc) is 2.22. The van der Waals surface area contributed by atoms with Crippen molar-refractivity contribution in [1.82, 2.24) is 4.90 Å². The van der Waals surface area contributed by atoms with Gasteiger partial charge in [0.05, 0.1) is 10.6 Å². The number of aliphatic hydroxyl groups excluding tert-OH is 1. The topological polar surface area (TPSA) is 43.7 Å². The Labute approximate surface area is 111 Å². The molecule has 3 nitrogen and oxygen atoms in total. The van der Waals surface area contributed by atoms with Crippen molar-refractivity contribution in [2.24, 2.45) is 0 Å². The molecule has 17 heavy (non-hydrogen) atoms. The van der Waals surface area contributed by atoms with Crippen LogP contribution in [-0.4, -0.2) is 33.8 Å². The lowest BCUT2D eigenvalue weighted by Crippen LogP contribution is -2.36. The van der Waals surface area contributed by atoms with Crippen molar-refractivity contribution in [2.75, 3.05) is 6.54 Å². The molecule has 1 aromatic rings. The van der Waals surface area contributed by atoms with Gasteiger partial charge in [0.2, 0.25) is 0 Å². The Kier molecular flexibility index (Phi) is 5.43. The maximum atomic E-state index is 9.93. The number of hydrogen-bond acceptors (Lipinski definition) is 3. The van der Waals surface area contributed by atoms with Crippen LogP contribution < -0.4 is 0 Å². The number of para-hydroxylation sites is 1. The maximum absolute atomic E-state index is 9.93. The second-order valence-electron chi connectivity index (χ2n) is 4.62. The van der Waals surface area contributed by atoms with Crippen LogP contribution in [0.15, 0.2) is 22.7 Å². The molecule has 0 bridgehead atoms. The first kappa shape index (κ1) is 14.5. The third-order valence-corrected chi connectivity index (χ3v) is 3.31. The van der Waals surface area contributed by atoms with Crippen LogP contribution in [0.4, 0.5) is 0 Å². The van der Waals surface area contributed by atoms with Gasteiger partial charge in [0.15, 0.2) is 0 Å². The molecule has 0 heterocycles. The Morgan fingerprint density at radius 1 is 1.29 bits per heavy atom. The highest BCUT2D eigenvalue weighted by Crippen LogP contribution is 2.28. The molecule has 0 radical (unpaired) electrons. The van der Waals surface area contributed by atoms with Gasteiger partial charge in [-0.15, -0.1) is 0 Å². The van der Waals surface area contributed by atoms with E-state index in [0.717, 1.165) is 5.56 Å². The van der Waals surface area contributed by atoms with E-state index >= 15 is 0 Å². The zero-order valence-corrected chi connectivity index (χ0v) is 12.1. The van der Waals surface area contributed by atoms with Crippen LogP contribution in [0.25, 0.3) is 0 Å². The van der Waals surface area contributed by atoms with Gasteiger partial charge in [-0.25, -0.2) is 0 Å². The fourth-order valence-corrected chi connectivity index (χ4v) is 2.11. The van der Waals surface area contributed by atoms with Crippen LogP contribution in [0, 0.1) is 0 Å². The van der Waals surface area contributed by atoms with Crippen molar-refractivity contribution in [2.45, 2.75) is 39.5 Å². The molecule has 0 aliphatic carbocycles. The number of aliphatic hydroxyl groups is 1. The summed E-state index contributed by atoms with van der Waals surface area (Å²) >= 11 is 3.31. The first-order chi connectivity index (χ1) is 7.91. The molecule has 0 amide bonds. The van der Waals surface area contributed by atoms with Crippen LogP contribution in [-0.2, 0) is 6.54 Å². The average molecular weight is 302 g/mol. The van der Waals surface area contributed by atoms with Crippen LogP contribution in [0.2, 0.25) is 0 Å². The van der Waals surface area contributed by atoms with Crippen molar-refractivity contribution >= 4 is 15.9 Å². The molecule has 0 spiro atoms. The number of halogens is 1. The van der Waals surface area contributed by atoms with Gasteiger partial charge in [-0.1, -0.05) is 12.1 Å². The van der Waals surface area contributed by atoms with Gasteiger partial charge in [-0.3, -0.25) is 4.90 Å². The minimum atomic E-state index is -0.369. The van der Waals surface area contributed by atoms with E-state index in [0.29, 0.717) is 23.6 Å². The lowest BCUT2D eigenvalue weighted by molar-refractivity contribution is 0.102. The van der Waals surface area contributed by atoms with Crippen molar-refractivity contribution < 1.29 is 10.2 Å². The van der Waals surface area contributed by atoms with E-state index in [9.17, 15) is 10.2 Å². The summed E-state index contributed by atoms with van der Waals surface area (Å²) in [5.74, 6) is 0.281. The summed E-state index contributed by atoms with van der Waals surface area (Å²) < 4.78 is 0.704. The summed E-state index contributed by atoms with van der Waals surface area (Å²) in [6, 6.07) is 5.94. The van der Waals surface area contributed by atoms with E-state index in [1.165, 1.54) is 0 Å². The van der Waals surface area contributed by atoms with Gasteiger partial charge in [0.1, 0.15) is 5.75 Å². The molecule has 0 saturated carbocycles. The molecule has 0 aliphatic rings. The van der Waals surface area contributed by atoms with Crippen LogP contribution in [0.3, 0.4) is 0 Å². The fraction of sp³-hybridized carbons (Fsp3) is 0.538. The largest absolute Gasteiger partial charge is 0.506 e. The second-order valence-corrected chi connectivity index (χ2v) is 5.47. The summed E-state index contributed by atoms with van der Waals surface area (Å²) in [6.07, 6.45) is -0.369. The van der Waals surface area contributed by atoms with Gasteiger partial charge >= 0.3 is 0 Å². The van der Waals surface area contributed by atoms with Gasteiger partial charge in [-0.2, -0.15) is 0 Å². The molecule has 96 valence electrons. The summed E-state index contributed by atoms with van der Waals surface area (Å²) in [7, 11) is 0. The highest BCUT2D eigenvalue weighted by molar-refractivity contribution is 9.10. The third kappa shape index (κ3) is 4.30. The third-order valence-electron chi connectivity index (χ3n) is 2.67. The molecule has 1 aromatic carbocycles. The van der Waals surface area contributed by atoms with E-state index in [1.54, 1.807) is 6.92 Å². The standard InChI is InChI=1S/C13H20BrNO2/c1-9(2)15(7-10(3)16)8-11-5-4-6-12(14)13(11)17/h4-6,9-10,16-17H,7-8H2,1-3H3. The second kappa shape index (κ2) is 6.38. The van der Waals surface area contributed by atoms with E-state index in [4.69, 9.17) is 0 Å². The highest BCUT2D eigenvalue weighted by Gasteiger charge is 2.15. The number of phenolic OH excluding ortho intramolecular Hbond substituents is 1. The summed E-state index contributed by atoms with van der Waals surface area (Å²) in [5.41, 5.74) is 0.869. The molecule has 0 fully saturated rings.